The van der Waals surface area contributed by atoms with Crippen LogP contribution in [0.1, 0.15) is 46.5 Å². The summed E-state index contributed by atoms with van der Waals surface area (Å²) in [6.07, 6.45) is 5.53. The summed E-state index contributed by atoms with van der Waals surface area (Å²) in [6, 6.07) is 0.833. The molecule has 2 saturated heterocycles. The lowest BCUT2D eigenvalue weighted by atomic mass is 9.84. The van der Waals surface area contributed by atoms with E-state index in [4.69, 9.17) is 0 Å². The third-order valence-electron chi connectivity index (χ3n) is 4.15. The summed E-state index contributed by atoms with van der Waals surface area (Å²) in [5, 5.41) is 3.69. The van der Waals surface area contributed by atoms with Crippen LogP contribution in [0.3, 0.4) is 0 Å². The summed E-state index contributed by atoms with van der Waals surface area (Å²) in [5.74, 6) is 0.933. The van der Waals surface area contributed by atoms with Gasteiger partial charge in [-0.25, -0.2) is 0 Å². The van der Waals surface area contributed by atoms with Gasteiger partial charge in [0.25, 0.3) is 0 Å². The number of fused-ring (bicyclic) bond motifs is 1. The van der Waals surface area contributed by atoms with E-state index in [1.807, 2.05) is 0 Å². The fourth-order valence-corrected chi connectivity index (χ4v) is 3.02. The second-order valence-corrected chi connectivity index (χ2v) is 6.86. The van der Waals surface area contributed by atoms with E-state index in [1.54, 1.807) is 0 Å². The van der Waals surface area contributed by atoms with Crippen molar-refractivity contribution in [2.75, 3.05) is 26.2 Å². The minimum atomic E-state index is 0.488. The van der Waals surface area contributed by atoms with Crippen LogP contribution in [0.5, 0.6) is 0 Å². The third-order valence-corrected chi connectivity index (χ3v) is 4.15. The molecule has 0 aliphatic carbocycles. The lowest BCUT2D eigenvalue weighted by Crippen LogP contribution is -2.52. The molecule has 2 heteroatoms. The lowest BCUT2D eigenvalue weighted by molar-refractivity contribution is 0.104. The summed E-state index contributed by atoms with van der Waals surface area (Å²) >= 11 is 0. The predicted molar refractivity (Wildman–Crippen MR) is 69.6 cm³/mol. The van der Waals surface area contributed by atoms with E-state index in [-0.39, 0.29) is 0 Å². The van der Waals surface area contributed by atoms with Crippen molar-refractivity contribution >= 4 is 0 Å². The molecule has 2 aliphatic heterocycles. The standard InChI is InChI=1S/C14H28N2/c1-14(2,3)7-10-16-9-6-13-12(11-16)5-4-8-15-13/h12-13,15H,4-11H2,1-3H3. The lowest BCUT2D eigenvalue weighted by Gasteiger charge is -2.42. The van der Waals surface area contributed by atoms with Gasteiger partial charge < -0.3 is 10.2 Å². The highest BCUT2D eigenvalue weighted by molar-refractivity contribution is 4.88. The minimum absolute atomic E-state index is 0.488. The molecule has 0 spiro atoms. The second kappa shape index (κ2) is 5.05. The number of hydrogen-bond acceptors (Lipinski definition) is 2. The molecule has 0 amide bonds. The number of likely N-dealkylation sites (tertiary alicyclic amines) is 1. The quantitative estimate of drug-likeness (QED) is 0.775. The molecule has 0 aromatic heterocycles. The van der Waals surface area contributed by atoms with E-state index >= 15 is 0 Å². The maximum Gasteiger partial charge on any atom is 0.0120 e. The Kier molecular flexibility index (Phi) is 3.91. The van der Waals surface area contributed by atoms with Crippen LogP contribution in [0.2, 0.25) is 0 Å². The summed E-state index contributed by atoms with van der Waals surface area (Å²) in [7, 11) is 0. The van der Waals surface area contributed by atoms with Gasteiger partial charge in [0.1, 0.15) is 0 Å². The molecule has 0 saturated carbocycles. The molecule has 16 heavy (non-hydrogen) atoms. The van der Waals surface area contributed by atoms with Gasteiger partial charge in [0.05, 0.1) is 0 Å². The van der Waals surface area contributed by atoms with Crippen LogP contribution in [0, 0.1) is 11.3 Å². The molecule has 0 radical (unpaired) electrons. The summed E-state index contributed by atoms with van der Waals surface area (Å²) in [5.41, 5.74) is 0.488. The van der Waals surface area contributed by atoms with E-state index in [0.29, 0.717) is 5.41 Å². The van der Waals surface area contributed by atoms with Gasteiger partial charge in [-0.15, -0.1) is 0 Å². The van der Waals surface area contributed by atoms with Gasteiger partial charge in [-0.05, 0) is 56.7 Å². The predicted octanol–water partition coefficient (Wildman–Crippen LogP) is 2.50. The van der Waals surface area contributed by atoms with Gasteiger partial charge in [-0.1, -0.05) is 20.8 Å². The zero-order chi connectivity index (χ0) is 11.6. The number of nitrogens with one attached hydrogen (secondary N) is 1. The molecular weight excluding hydrogens is 196 g/mol. The topological polar surface area (TPSA) is 15.3 Å². The Bertz CT molecular complexity index is 219. The molecule has 2 fully saturated rings. The maximum atomic E-state index is 3.69. The number of nitrogens with zero attached hydrogens (tertiary/aromatic N) is 1. The van der Waals surface area contributed by atoms with E-state index in [9.17, 15) is 0 Å². The highest BCUT2D eigenvalue weighted by Gasteiger charge is 2.30. The van der Waals surface area contributed by atoms with Crippen LogP contribution >= 0.6 is 0 Å². The highest BCUT2D eigenvalue weighted by atomic mass is 15.2. The normalized spacial score (nSPS) is 32.4. The van der Waals surface area contributed by atoms with Gasteiger partial charge >= 0.3 is 0 Å². The van der Waals surface area contributed by atoms with Gasteiger partial charge in [-0.2, -0.15) is 0 Å². The van der Waals surface area contributed by atoms with Crippen LogP contribution < -0.4 is 5.32 Å². The molecule has 2 aliphatic rings. The van der Waals surface area contributed by atoms with Crippen molar-refractivity contribution in [1.29, 1.82) is 0 Å². The van der Waals surface area contributed by atoms with Crippen LogP contribution in [-0.4, -0.2) is 37.1 Å². The number of rotatable bonds is 2. The smallest absolute Gasteiger partial charge is 0.0120 e. The Morgan fingerprint density at radius 2 is 2.06 bits per heavy atom. The fourth-order valence-electron chi connectivity index (χ4n) is 3.02. The van der Waals surface area contributed by atoms with E-state index < -0.39 is 0 Å². The SMILES string of the molecule is CC(C)(C)CCN1CCC2NCCCC2C1. The minimum Gasteiger partial charge on any atom is -0.314 e. The van der Waals surface area contributed by atoms with E-state index in [1.165, 1.54) is 51.9 Å². The molecule has 0 bridgehead atoms. The molecule has 0 aromatic rings. The van der Waals surface area contributed by atoms with Crippen molar-refractivity contribution in [2.45, 2.75) is 52.5 Å². The van der Waals surface area contributed by atoms with Crippen LogP contribution in [0.15, 0.2) is 0 Å². The van der Waals surface area contributed by atoms with Crippen molar-refractivity contribution in [3.8, 4) is 0 Å². The molecule has 2 rings (SSSR count). The van der Waals surface area contributed by atoms with Crippen molar-refractivity contribution in [3.05, 3.63) is 0 Å². The Hall–Kier alpha value is -0.0800. The van der Waals surface area contributed by atoms with E-state index in [0.717, 1.165) is 12.0 Å². The Morgan fingerprint density at radius 1 is 1.25 bits per heavy atom. The number of piperidine rings is 2. The molecule has 94 valence electrons. The van der Waals surface area contributed by atoms with Gasteiger partial charge in [0, 0.05) is 12.6 Å². The summed E-state index contributed by atoms with van der Waals surface area (Å²) in [4.78, 5) is 2.69. The molecule has 0 aromatic carbocycles. The van der Waals surface area contributed by atoms with Crippen LogP contribution in [0.25, 0.3) is 0 Å². The first-order valence-electron chi connectivity index (χ1n) is 7.00. The highest BCUT2D eigenvalue weighted by Crippen LogP contribution is 2.26. The Labute approximate surface area is 101 Å². The van der Waals surface area contributed by atoms with Crippen molar-refractivity contribution in [1.82, 2.24) is 10.2 Å². The van der Waals surface area contributed by atoms with Crippen molar-refractivity contribution < 1.29 is 0 Å². The second-order valence-electron chi connectivity index (χ2n) is 6.86. The molecule has 2 atom stereocenters. The Morgan fingerprint density at radius 3 is 2.81 bits per heavy atom. The molecule has 2 heterocycles. The first-order valence-corrected chi connectivity index (χ1v) is 7.00. The van der Waals surface area contributed by atoms with E-state index in [2.05, 4.69) is 31.0 Å². The zero-order valence-electron chi connectivity index (χ0n) is 11.3. The summed E-state index contributed by atoms with van der Waals surface area (Å²) in [6.45, 7) is 12.2. The molecular formula is C14H28N2. The van der Waals surface area contributed by atoms with Crippen molar-refractivity contribution in [3.63, 3.8) is 0 Å². The van der Waals surface area contributed by atoms with Gasteiger partial charge in [-0.3, -0.25) is 0 Å². The van der Waals surface area contributed by atoms with Crippen molar-refractivity contribution in [2.24, 2.45) is 11.3 Å². The first-order chi connectivity index (χ1) is 7.54. The van der Waals surface area contributed by atoms with Crippen LogP contribution in [0.4, 0.5) is 0 Å². The Balaban J connectivity index is 1.77. The fraction of sp³-hybridized carbons (Fsp3) is 1.00. The maximum absolute atomic E-state index is 3.69. The average molecular weight is 224 g/mol. The number of hydrogen-bond donors (Lipinski definition) is 1. The average Bonchev–Trinajstić information content (AvgIpc) is 2.25. The summed E-state index contributed by atoms with van der Waals surface area (Å²) < 4.78 is 0. The van der Waals surface area contributed by atoms with Gasteiger partial charge in [0.15, 0.2) is 0 Å². The zero-order valence-corrected chi connectivity index (χ0v) is 11.3. The van der Waals surface area contributed by atoms with Gasteiger partial charge in [0.2, 0.25) is 0 Å². The third kappa shape index (κ3) is 3.46. The van der Waals surface area contributed by atoms with Crippen LogP contribution in [-0.2, 0) is 0 Å². The largest absolute Gasteiger partial charge is 0.314 e. The monoisotopic (exact) mass is 224 g/mol. The first kappa shape index (κ1) is 12.4. The molecule has 2 nitrogen and oxygen atoms in total. The molecule has 2 unspecified atom stereocenters. The molecule has 1 N–H and O–H groups in total.